The van der Waals surface area contributed by atoms with E-state index in [0.717, 1.165) is 32.1 Å². The van der Waals surface area contributed by atoms with Crippen LogP contribution in [0.3, 0.4) is 0 Å². The molecule has 0 aromatic carbocycles. The Labute approximate surface area is 77.6 Å². The first kappa shape index (κ1) is 10.0. The van der Waals surface area contributed by atoms with Crippen molar-refractivity contribution in [1.82, 2.24) is 5.32 Å². The van der Waals surface area contributed by atoms with Gasteiger partial charge < -0.3 is 10.1 Å². The van der Waals surface area contributed by atoms with Gasteiger partial charge in [-0.15, -0.1) is 0 Å². The second-order valence-electron chi connectivity index (χ2n) is 3.36. The smallest absolute Gasteiger partial charge is 0.308 e. The van der Waals surface area contributed by atoms with Crippen molar-refractivity contribution < 1.29 is 14.3 Å². The first-order valence-electron chi connectivity index (χ1n) is 4.55. The zero-order chi connectivity index (χ0) is 9.68. The van der Waals surface area contributed by atoms with Crippen LogP contribution in [0.15, 0.2) is 0 Å². The summed E-state index contributed by atoms with van der Waals surface area (Å²) in [4.78, 5) is 21.3. The predicted molar refractivity (Wildman–Crippen MR) is 47.0 cm³/mol. The Morgan fingerprint density at radius 3 is 2.46 bits per heavy atom. The summed E-state index contributed by atoms with van der Waals surface area (Å²) in [5.41, 5.74) is 0. The highest BCUT2D eigenvalue weighted by molar-refractivity contribution is 5.72. The highest BCUT2D eigenvalue weighted by Gasteiger charge is 2.26. The minimum absolute atomic E-state index is 0.0368. The van der Waals surface area contributed by atoms with Crippen molar-refractivity contribution in [2.24, 2.45) is 5.92 Å². The van der Waals surface area contributed by atoms with Crippen LogP contribution in [0.5, 0.6) is 0 Å². The van der Waals surface area contributed by atoms with Crippen molar-refractivity contribution in [2.45, 2.75) is 31.7 Å². The molecule has 0 aliphatic heterocycles. The molecule has 0 atom stereocenters. The van der Waals surface area contributed by atoms with Gasteiger partial charge in [0, 0.05) is 6.04 Å². The molecule has 13 heavy (non-hydrogen) atoms. The van der Waals surface area contributed by atoms with Crippen molar-refractivity contribution in [3.63, 3.8) is 0 Å². The average Bonchev–Trinajstić information content (AvgIpc) is 2.18. The number of carbonyl (C=O) groups excluding carboxylic acids is 2. The summed E-state index contributed by atoms with van der Waals surface area (Å²) in [5.74, 6) is -0.0840. The van der Waals surface area contributed by atoms with Crippen LogP contribution in [0.4, 0.5) is 0 Å². The van der Waals surface area contributed by atoms with Crippen LogP contribution >= 0.6 is 0 Å². The third kappa shape index (κ3) is 2.72. The maximum absolute atomic E-state index is 11.1. The Bertz CT molecular complexity index is 185. The van der Waals surface area contributed by atoms with E-state index in [9.17, 15) is 9.59 Å². The number of methoxy groups -OCH3 is 1. The molecule has 0 saturated heterocycles. The molecule has 1 fully saturated rings. The van der Waals surface area contributed by atoms with E-state index in [1.807, 2.05) is 0 Å². The van der Waals surface area contributed by atoms with Gasteiger partial charge in [-0.05, 0) is 25.7 Å². The molecule has 1 amide bonds. The molecule has 0 aromatic heterocycles. The fourth-order valence-electron chi connectivity index (χ4n) is 1.76. The lowest BCUT2D eigenvalue weighted by Gasteiger charge is -2.26. The first-order valence-corrected chi connectivity index (χ1v) is 4.55. The van der Waals surface area contributed by atoms with Gasteiger partial charge in [0.1, 0.15) is 0 Å². The Hall–Kier alpha value is -1.06. The molecule has 0 radical (unpaired) electrons. The third-order valence-corrected chi connectivity index (χ3v) is 2.57. The van der Waals surface area contributed by atoms with E-state index in [-0.39, 0.29) is 17.9 Å². The molecule has 4 nitrogen and oxygen atoms in total. The quantitative estimate of drug-likeness (QED) is 0.513. The van der Waals surface area contributed by atoms with Crippen LogP contribution in [0.1, 0.15) is 25.7 Å². The van der Waals surface area contributed by atoms with Gasteiger partial charge in [0.15, 0.2) is 0 Å². The van der Waals surface area contributed by atoms with Gasteiger partial charge >= 0.3 is 5.97 Å². The standard InChI is InChI=1S/C9H15NO3/c1-13-9(12)7-2-4-8(5-3-7)10-6-11/h6-8H,2-5H2,1H3,(H,10,11)/t7-,8-. The van der Waals surface area contributed by atoms with Crippen molar-refractivity contribution >= 4 is 12.4 Å². The second-order valence-corrected chi connectivity index (χ2v) is 3.36. The maximum Gasteiger partial charge on any atom is 0.308 e. The molecule has 1 aliphatic carbocycles. The minimum atomic E-state index is -0.121. The summed E-state index contributed by atoms with van der Waals surface area (Å²) >= 11 is 0. The number of nitrogens with one attached hydrogen (secondary N) is 1. The Kier molecular flexibility index (Phi) is 3.73. The number of rotatable bonds is 3. The van der Waals surface area contributed by atoms with Gasteiger partial charge in [-0.25, -0.2) is 0 Å². The summed E-state index contributed by atoms with van der Waals surface area (Å²) in [6.45, 7) is 0. The molecule has 4 heteroatoms. The number of ether oxygens (including phenoxy) is 1. The van der Waals surface area contributed by atoms with Crippen molar-refractivity contribution in [3.8, 4) is 0 Å². The van der Waals surface area contributed by atoms with E-state index in [4.69, 9.17) is 0 Å². The number of hydrogen-bond acceptors (Lipinski definition) is 3. The highest BCUT2D eigenvalue weighted by Crippen LogP contribution is 2.24. The average molecular weight is 185 g/mol. The summed E-state index contributed by atoms with van der Waals surface area (Å²) < 4.78 is 4.66. The minimum Gasteiger partial charge on any atom is -0.469 e. The van der Waals surface area contributed by atoms with E-state index in [0.29, 0.717) is 0 Å². The molecule has 0 spiro atoms. The first-order chi connectivity index (χ1) is 6.27. The zero-order valence-electron chi connectivity index (χ0n) is 7.79. The number of hydrogen-bond donors (Lipinski definition) is 1. The summed E-state index contributed by atoms with van der Waals surface area (Å²) in [6.07, 6.45) is 4.11. The SMILES string of the molecule is COC(=O)[C@H]1CC[C@H](NC=O)CC1. The van der Waals surface area contributed by atoms with Gasteiger partial charge in [-0.1, -0.05) is 0 Å². The topological polar surface area (TPSA) is 55.4 Å². The molecular weight excluding hydrogens is 170 g/mol. The monoisotopic (exact) mass is 185 g/mol. The van der Waals surface area contributed by atoms with Crippen LogP contribution in [-0.2, 0) is 14.3 Å². The second kappa shape index (κ2) is 4.84. The van der Waals surface area contributed by atoms with Crippen LogP contribution in [0.25, 0.3) is 0 Å². The Morgan fingerprint density at radius 2 is 2.00 bits per heavy atom. The van der Waals surface area contributed by atoms with E-state index in [1.165, 1.54) is 7.11 Å². The van der Waals surface area contributed by atoms with E-state index < -0.39 is 0 Å². The zero-order valence-corrected chi connectivity index (χ0v) is 7.79. The summed E-state index contributed by atoms with van der Waals surface area (Å²) in [6, 6.07) is 0.249. The lowest BCUT2D eigenvalue weighted by atomic mass is 9.86. The van der Waals surface area contributed by atoms with E-state index >= 15 is 0 Å². The molecular formula is C9H15NO3. The third-order valence-electron chi connectivity index (χ3n) is 2.57. The van der Waals surface area contributed by atoms with Gasteiger partial charge in [-0.2, -0.15) is 0 Å². The highest BCUT2D eigenvalue weighted by atomic mass is 16.5. The summed E-state index contributed by atoms with van der Waals surface area (Å²) in [7, 11) is 1.41. The number of carbonyl (C=O) groups is 2. The number of amides is 1. The molecule has 0 bridgehead atoms. The number of esters is 1. The van der Waals surface area contributed by atoms with Crippen LogP contribution in [0, 0.1) is 5.92 Å². The Morgan fingerprint density at radius 1 is 1.38 bits per heavy atom. The summed E-state index contributed by atoms with van der Waals surface area (Å²) in [5, 5.41) is 2.73. The van der Waals surface area contributed by atoms with E-state index in [1.54, 1.807) is 0 Å². The van der Waals surface area contributed by atoms with Crippen molar-refractivity contribution in [2.75, 3.05) is 7.11 Å². The van der Waals surface area contributed by atoms with Gasteiger partial charge in [-0.3, -0.25) is 9.59 Å². The van der Waals surface area contributed by atoms with E-state index in [2.05, 4.69) is 10.1 Å². The molecule has 1 N–H and O–H groups in total. The molecule has 74 valence electrons. The molecule has 1 saturated carbocycles. The van der Waals surface area contributed by atoms with Gasteiger partial charge in [0.25, 0.3) is 0 Å². The fraction of sp³-hybridized carbons (Fsp3) is 0.778. The lowest BCUT2D eigenvalue weighted by molar-refractivity contribution is -0.146. The largest absolute Gasteiger partial charge is 0.469 e. The fourth-order valence-corrected chi connectivity index (χ4v) is 1.76. The molecule has 0 aromatic rings. The van der Waals surface area contributed by atoms with Gasteiger partial charge in [0.2, 0.25) is 6.41 Å². The molecule has 0 heterocycles. The molecule has 0 unspecified atom stereocenters. The normalized spacial score (nSPS) is 27.8. The molecule has 1 rings (SSSR count). The Balaban J connectivity index is 2.30. The van der Waals surface area contributed by atoms with Crippen molar-refractivity contribution in [1.29, 1.82) is 0 Å². The lowest BCUT2D eigenvalue weighted by Crippen LogP contribution is -2.34. The van der Waals surface area contributed by atoms with Gasteiger partial charge in [0.05, 0.1) is 13.0 Å². The van der Waals surface area contributed by atoms with Crippen LogP contribution < -0.4 is 5.32 Å². The van der Waals surface area contributed by atoms with Crippen molar-refractivity contribution in [3.05, 3.63) is 0 Å². The molecule has 1 aliphatic rings. The van der Waals surface area contributed by atoms with Crippen LogP contribution in [0.2, 0.25) is 0 Å². The van der Waals surface area contributed by atoms with Crippen LogP contribution in [-0.4, -0.2) is 25.5 Å². The maximum atomic E-state index is 11.1. The predicted octanol–water partition coefficient (Wildman–Crippen LogP) is 0.464.